The molecular weight excluding hydrogens is 219 g/mol. The quantitative estimate of drug-likeness (QED) is 0.764. The van der Waals surface area contributed by atoms with Gasteiger partial charge in [0.25, 0.3) is 0 Å². The van der Waals surface area contributed by atoms with Crippen LogP contribution in [0.25, 0.3) is 0 Å². The SMILES string of the molecule is CC1CN(c2cc(N)cc(F)c2)CC(C)(C)O1. The van der Waals surface area contributed by atoms with E-state index in [9.17, 15) is 4.39 Å². The Morgan fingerprint density at radius 3 is 2.71 bits per heavy atom. The number of morpholine rings is 1. The maximum Gasteiger partial charge on any atom is 0.127 e. The second kappa shape index (κ2) is 4.18. The van der Waals surface area contributed by atoms with E-state index in [1.54, 1.807) is 6.07 Å². The Morgan fingerprint density at radius 2 is 2.12 bits per heavy atom. The topological polar surface area (TPSA) is 38.5 Å². The lowest BCUT2D eigenvalue weighted by Gasteiger charge is -2.43. The Kier molecular flexibility index (Phi) is 3.00. The van der Waals surface area contributed by atoms with Gasteiger partial charge in [-0.1, -0.05) is 0 Å². The largest absolute Gasteiger partial charge is 0.399 e. The summed E-state index contributed by atoms with van der Waals surface area (Å²) in [6.07, 6.45) is 0.128. The van der Waals surface area contributed by atoms with Crippen LogP contribution in [-0.2, 0) is 4.74 Å². The van der Waals surface area contributed by atoms with Crippen molar-refractivity contribution in [2.24, 2.45) is 0 Å². The fraction of sp³-hybridized carbons (Fsp3) is 0.538. The first-order chi connectivity index (χ1) is 7.85. The summed E-state index contributed by atoms with van der Waals surface area (Å²) in [6, 6.07) is 4.65. The van der Waals surface area contributed by atoms with E-state index in [0.29, 0.717) is 5.69 Å². The van der Waals surface area contributed by atoms with Crippen molar-refractivity contribution < 1.29 is 9.13 Å². The third-order valence-corrected chi connectivity index (χ3v) is 2.84. The zero-order valence-corrected chi connectivity index (χ0v) is 10.5. The highest BCUT2D eigenvalue weighted by molar-refractivity contribution is 5.57. The predicted molar refractivity (Wildman–Crippen MR) is 67.7 cm³/mol. The highest BCUT2D eigenvalue weighted by Crippen LogP contribution is 2.27. The van der Waals surface area contributed by atoms with Gasteiger partial charge in [-0.2, -0.15) is 0 Å². The van der Waals surface area contributed by atoms with Crippen LogP contribution < -0.4 is 10.6 Å². The zero-order chi connectivity index (χ0) is 12.6. The Morgan fingerprint density at radius 1 is 1.41 bits per heavy atom. The molecule has 0 saturated carbocycles. The highest BCUT2D eigenvalue weighted by atomic mass is 19.1. The number of hydrogen-bond donors (Lipinski definition) is 1. The van der Waals surface area contributed by atoms with Crippen LogP contribution >= 0.6 is 0 Å². The van der Waals surface area contributed by atoms with Crippen molar-refractivity contribution in [2.45, 2.75) is 32.5 Å². The van der Waals surface area contributed by atoms with Gasteiger partial charge >= 0.3 is 0 Å². The maximum atomic E-state index is 13.3. The molecule has 0 amide bonds. The molecule has 1 saturated heterocycles. The van der Waals surface area contributed by atoms with Crippen LogP contribution in [0.3, 0.4) is 0 Å². The van der Waals surface area contributed by atoms with Crippen LogP contribution in [0.1, 0.15) is 20.8 Å². The minimum atomic E-state index is -0.294. The van der Waals surface area contributed by atoms with Gasteiger partial charge in [-0.25, -0.2) is 4.39 Å². The van der Waals surface area contributed by atoms with Gasteiger partial charge in [-0.3, -0.25) is 0 Å². The fourth-order valence-corrected chi connectivity index (χ4v) is 2.43. The summed E-state index contributed by atoms with van der Waals surface area (Å²) < 4.78 is 19.2. The van der Waals surface area contributed by atoms with E-state index in [0.717, 1.165) is 18.8 Å². The molecule has 2 N–H and O–H groups in total. The minimum Gasteiger partial charge on any atom is -0.399 e. The molecule has 1 aliphatic rings. The molecule has 1 atom stereocenters. The summed E-state index contributed by atoms with van der Waals surface area (Å²) in [5, 5.41) is 0. The summed E-state index contributed by atoms with van der Waals surface area (Å²) >= 11 is 0. The van der Waals surface area contributed by atoms with E-state index in [2.05, 4.69) is 4.90 Å². The van der Waals surface area contributed by atoms with Crippen molar-refractivity contribution in [3.8, 4) is 0 Å². The average molecular weight is 238 g/mol. The molecule has 4 heteroatoms. The fourth-order valence-electron chi connectivity index (χ4n) is 2.43. The minimum absolute atomic E-state index is 0.128. The second-order valence-corrected chi connectivity index (χ2v) is 5.31. The smallest absolute Gasteiger partial charge is 0.127 e. The van der Waals surface area contributed by atoms with E-state index in [1.165, 1.54) is 12.1 Å². The van der Waals surface area contributed by atoms with E-state index < -0.39 is 0 Å². The van der Waals surface area contributed by atoms with Gasteiger partial charge in [0.15, 0.2) is 0 Å². The molecule has 1 unspecified atom stereocenters. The van der Waals surface area contributed by atoms with Crippen molar-refractivity contribution in [2.75, 3.05) is 23.7 Å². The number of hydrogen-bond acceptors (Lipinski definition) is 3. The van der Waals surface area contributed by atoms with E-state index in [-0.39, 0.29) is 17.5 Å². The number of halogens is 1. The number of ether oxygens (including phenoxy) is 1. The van der Waals surface area contributed by atoms with Gasteiger partial charge in [0.2, 0.25) is 0 Å². The molecule has 17 heavy (non-hydrogen) atoms. The standard InChI is InChI=1S/C13H19FN2O/c1-9-7-16(8-13(2,3)17-9)12-5-10(14)4-11(15)6-12/h4-6,9H,7-8,15H2,1-3H3. The molecule has 1 aromatic carbocycles. The third-order valence-electron chi connectivity index (χ3n) is 2.84. The Balaban J connectivity index is 2.26. The van der Waals surface area contributed by atoms with Crippen LogP contribution in [0.2, 0.25) is 0 Å². The lowest BCUT2D eigenvalue weighted by atomic mass is 10.0. The van der Waals surface area contributed by atoms with E-state index in [4.69, 9.17) is 10.5 Å². The number of rotatable bonds is 1. The van der Waals surface area contributed by atoms with Gasteiger partial charge in [0, 0.05) is 24.5 Å². The number of nitrogens with two attached hydrogens (primary N) is 1. The van der Waals surface area contributed by atoms with Crippen LogP contribution in [0.5, 0.6) is 0 Å². The number of anilines is 2. The monoisotopic (exact) mass is 238 g/mol. The maximum absolute atomic E-state index is 13.3. The molecule has 0 radical (unpaired) electrons. The lowest BCUT2D eigenvalue weighted by Crippen LogP contribution is -2.52. The molecule has 0 bridgehead atoms. The second-order valence-electron chi connectivity index (χ2n) is 5.31. The Labute approximate surface area is 101 Å². The molecular formula is C13H19FN2O. The molecule has 0 aliphatic carbocycles. The van der Waals surface area contributed by atoms with E-state index >= 15 is 0 Å². The molecule has 2 rings (SSSR count). The van der Waals surface area contributed by atoms with Crippen molar-refractivity contribution in [1.82, 2.24) is 0 Å². The molecule has 1 heterocycles. The van der Waals surface area contributed by atoms with Crippen LogP contribution in [-0.4, -0.2) is 24.8 Å². The van der Waals surface area contributed by atoms with Crippen LogP contribution in [0.4, 0.5) is 15.8 Å². The molecule has 3 nitrogen and oxygen atoms in total. The summed E-state index contributed by atoms with van der Waals surface area (Å²) in [5.74, 6) is -0.294. The van der Waals surface area contributed by atoms with Gasteiger partial charge in [-0.05, 0) is 39.0 Å². The number of nitrogens with zero attached hydrogens (tertiary/aromatic N) is 1. The van der Waals surface area contributed by atoms with Crippen molar-refractivity contribution in [3.63, 3.8) is 0 Å². The molecule has 1 aromatic rings. The number of benzene rings is 1. The first-order valence-corrected chi connectivity index (χ1v) is 5.84. The predicted octanol–water partition coefficient (Wildman–Crippen LogP) is 2.41. The first-order valence-electron chi connectivity index (χ1n) is 5.84. The Hall–Kier alpha value is -1.29. The van der Waals surface area contributed by atoms with Gasteiger partial charge < -0.3 is 15.4 Å². The van der Waals surface area contributed by atoms with Gasteiger partial charge in [0.05, 0.1) is 11.7 Å². The van der Waals surface area contributed by atoms with E-state index in [1.807, 2.05) is 20.8 Å². The van der Waals surface area contributed by atoms with Crippen LogP contribution in [0.15, 0.2) is 18.2 Å². The normalized spacial score (nSPS) is 23.8. The van der Waals surface area contributed by atoms with Crippen molar-refractivity contribution >= 4 is 11.4 Å². The van der Waals surface area contributed by atoms with Gasteiger partial charge in [0.1, 0.15) is 5.82 Å². The summed E-state index contributed by atoms with van der Waals surface area (Å²) in [6.45, 7) is 7.60. The third kappa shape index (κ3) is 2.88. The summed E-state index contributed by atoms with van der Waals surface area (Å²) in [4.78, 5) is 2.12. The molecule has 0 spiro atoms. The summed E-state index contributed by atoms with van der Waals surface area (Å²) in [5.41, 5.74) is 6.73. The highest BCUT2D eigenvalue weighted by Gasteiger charge is 2.31. The number of nitrogen functional groups attached to an aromatic ring is 1. The Bertz CT molecular complexity index is 400. The van der Waals surface area contributed by atoms with Gasteiger partial charge in [-0.15, -0.1) is 0 Å². The van der Waals surface area contributed by atoms with Crippen molar-refractivity contribution in [3.05, 3.63) is 24.0 Å². The average Bonchev–Trinajstić information content (AvgIpc) is 2.12. The first kappa shape index (κ1) is 12.2. The molecule has 1 fully saturated rings. The summed E-state index contributed by atoms with van der Waals surface area (Å²) in [7, 11) is 0. The van der Waals surface area contributed by atoms with Crippen LogP contribution in [0, 0.1) is 5.82 Å². The van der Waals surface area contributed by atoms with Crippen molar-refractivity contribution in [1.29, 1.82) is 0 Å². The lowest BCUT2D eigenvalue weighted by molar-refractivity contribution is -0.0749. The zero-order valence-electron chi connectivity index (χ0n) is 10.5. The molecule has 0 aromatic heterocycles. The molecule has 94 valence electrons. The molecule has 1 aliphatic heterocycles.